The minimum absolute atomic E-state index is 0.00824. The third kappa shape index (κ3) is 6.10. The first-order valence-electron chi connectivity index (χ1n) is 6.97. The topological polar surface area (TPSA) is 51.9 Å². The van der Waals surface area contributed by atoms with Gasteiger partial charge in [-0.25, -0.2) is 4.85 Å². The summed E-state index contributed by atoms with van der Waals surface area (Å²) in [5.41, 5.74) is 1.49. The molecule has 0 fully saturated rings. The Labute approximate surface area is 136 Å². The van der Waals surface area contributed by atoms with E-state index >= 15 is 0 Å². The van der Waals surface area contributed by atoms with Crippen molar-refractivity contribution in [3.63, 3.8) is 0 Å². The molecule has 120 valence electrons. The van der Waals surface area contributed by atoms with Crippen LogP contribution >= 0.6 is 0 Å². The van der Waals surface area contributed by atoms with Crippen molar-refractivity contribution in [2.45, 2.75) is 6.92 Å². The first kappa shape index (κ1) is 18.1. The van der Waals surface area contributed by atoms with E-state index in [1.165, 1.54) is 6.08 Å². The number of rotatable bonds is 8. The molecule has 0 aromatic heterocycles. The van der Waals surface area contributed by atoms with Crippen molar-refractivity contribution < 1.29 is 14.3 Å². The van der Waals surface area contributed by atoms with E-state index in [2.05, 4.69) is 23.3 Å². The van der Waals surface area contributed by atoms with Gasteiger partial charge in [0.15, 0.2) is 0 Å². The van der Waals surface area contributed by atoms with Gasteiger partial charge in [0.1, 0.15) is 18.1 Å². The second kappa shape index (κ2) is 9.11. The Kier molecular flexibility index (Phi) is 7.15. The maximum Gasteiger partial charge on any atom is 0.250 e. The summed E-state index contributed by atoms with van der Waals surface area (Å²) in [6.45, 7) is 16.9. The zero-order valence-electron chi connectivity index (χ0n) is 13.4. The number of benzene rings is 1. The fourth-order valence-corrected chi connectivity index (χ4v) is 1.56. The van der Waals surface area contributed by atoms with Crippen LogP contribution in [0.3, 0.4) is 0 Å². The molecule has 0 saturated carbocycles. The molecule has 5 heteroatoms. The lowest BCUT2D eigenvalue weighted by Gasteiger charge is -2.09. The second-order valence-electron chi connectivity index (χ2n) is 4.72. The van der Waals surface area contributed by atoms with E-state index in [4.69, 9.17) is 16.0 Å². The molecule has 0 spiro atoms. The molecule has 0 atom stereocenters. The molecule has 0 unspecified atom stereocenters. The minimum atomic E-state index is -0.444. The van der Waals surface area contributed by atoms with Crippen LogP contribution in [0.2, 0.25) is 0 Å². The summed E-state index contributed by atoms with van der Waals surface area (Å²) in [6.07, 6.45) is 1.52. The van der Waals surface area contributed by atoms with Crippen molar-refractivity contribution >= 4 is 12.0 Å². The van der Waals surface area contributed by atoms with Gasteiger partial charge >= 0.3 is 0 Å². The minimum Gasteiger partial charge on any atom is -0.497 e. The normalized spacial score (nSPS) is 10.4. The molecular formula is C18H20N2O3. The van der Waals surface area contributed by atoms with E-state index in [-0.39, 0.29) is 18.8 Å². The average molecular weight is 312 g/mol. The van der Waals surface area contributed by atoms with E-state index < -0.39 is 5.91 Å². The molecular weight excluding hydrogens is 292 g/mol. The van der Waals surface area contributed by atoms with Crippen molar-refractivity contribution in [3.05, 3.63) is 71.4 Å². The molecule has 1 rings (SSSR count). The monoisotopic (exact) mass is 312 g/mol. The fourth-order valence-electron chi connectivity index (χ4n) is 1.56. The molecule has 1 aromatic carbocycles. The van der Waals surface area contributed by atoms with Gasteiger partial charge in [0.2, 0.25) is 5.91 Å². The second-order valence-corrected chi connectivity index (χ2v) is 4.72. The van der Waals surface area contributed by atoms with Crippen molar-refractivity contribution in [1.82, 2.24) is 5.32 Å². The Balaban J connectivity index is 2.57. The molecule has 0 aliphatic heterocycles. The van der Waals surface area contributed by atoms with Crippen molar-refractivity contribution in [1.29, 1.82) is 0 Å². The van der Waals surface area contributed by atoms with E-state index in [0.717, 1.165) is 11.1 Å². The SMILES string of the molecule is [C-]#[N+]C(=Cc1ccc(OC)cc1)C(=O)NCCOC(=C)C(=C)C. The zero-order chi connectivity index (χ0) is 17.2. The van der Waals surface area contributed by atoms with Crippen molar-refractivity contribution in [2.75, 3.05) is 20.3 Å². The van der Waals surface area contributed by atoms with Crippen LogP contribution in [0.1, 0.15) is 12.5 Å². The summed E-state index contributed by atoms with van der Waals surface area (Å²) < 4.78 is 10.4. The number of nitrogens with one attached hydrogen (secondary N) is 1. The molecule has 0 aliphatic rings. The van der Waals surface area contributed by atoms with E-state index in [9.17, 15) is 4.79 Å². The van der Waals surface area contributed by atoms with Crippen LogP contribution in [0, 0.1) is 6.57 Å². The Bertz CT molecular complexity index is 652. The van der Waals surface area contributed by atoms with Crippen LogP contribution in [0.25, 0.3) is 10.9 Å². The van der Waals surface area contributed by atoms with E-state index in [0.29, 0.717) is 11.5 Å². The van der Waals surface area contributed by atoms with Gasteiger partial charge < -0.3 is 14.8 Å². The molecule has 0 saturated heterocycles. The molecule has 0 heterocycles. The molecule has 0 aliphatic carbocycles. The molecule has 1 N–H and O–H groups in total. The van der Waals surface area contributed by atoms with Gasteiger partial charge in [-0.1, -0.05) is 25.3 Å². The molecule has 23 heavy (non-hydrogen) atoms. The third-order valence-electron chi connectivity index (χ3n) is 2.91. The predicted octanol–water partition coefficient (Wildman–Crippen LogP) is 3.18. The van der Waals surface area contributed by atoms with Crippen LogP contribution in [-0.2, 0) is 9.53 Å². The summed E-state index contributed by atoms with van der Waals surface area (Å²) in [5, 5.41) is 2.63. The van der Waals surface area contributed by atoms with Gasteiger partial charge in [0, 0.05) is 0 Å². The Hall–Kier alpha value is -3.00. The lowest BCUT2D eigenvalue weighted by molar-refractivity contribution is -0.117. The number of nitrogens with zero attached hydrogens (tertiary/aromatic N) is 1. The van der Waals surface area contributed by atoms with Gasteiger partial charge in [0.05, 0.1) is 20.2 Å². The standard InChI is InChI=1S/C18H20N2O3/c1-13(2)14(3)23-11-10-20-18(21)17(19-4)12-15-6-8-16(22-5)9-7-15/h6-9,12H,1,3,10-11H2,2,5H3,(H,20,21). The highest BCUT2D eigenvalue weighted by molar-refractivity contribution is 5.99. The number of allylic oxidation sites excluding steroid dienone is 1. The molecule has 1 amide bonds. The highest BCUT2D eigenvalue weighted by Crippen LogP contribution is 2.14. The summed E-state index contributed by atoms with van der Waals surface area (Å²) in [5.74, 6) is 0.754. The number of hydrogen-bond donors (Lipinski definition) is 1. The highest BCUT2D eigenvalue weighted by Gasteiger charge is 2.09. The molecule has 1 aromatic rings. The van der Waals surface area contributed by atoms with Gasteiger partial charge in [-0.05, 0) is 36.3 Å². The van der Waals surface area contributed by atoms with Crippen molar-refractivity contribution in [2.24, 2.45) is 0 Å². The smallest absolute Gasteiger partial charge is 0.250 e. The molecule has 0 bridgehead atoms. The van der Waals surface area contributed by atoms with Crippen LogP contribution in [0.4, 0.5) is 0 Å². The van der Waals surface area contributed by atoms with Gasteiger partial charge in [-0.15, -0.1) is 0 Å². The summed E-state index contributed by atoms with van der Waals surface area (Å²) in [4.78, 5) is 15.2. The average Bonchev–Trinajstić information content (AvgIpc) is 2.56. The zero-order valence-corrected chi connectivity index (χ0v) is 13.4. The van der Waals surface area contributed by atoms with E-state index in [1.807, 2.05) is 0 Å². The Morgan fingerprint density at radius 2 is 2.00 bits per heavy atom. The number of methoxy groups -OCH3 is 1. The molecule has 5 nitrogen and oxygen atoms in total. The van der Waals surface area contributed by atoms with Gasteiger partial charge in [0.25, 0.3) is 5.70 Å². The number of amides is 1. The third-order valence-corrected chi connectivity index (χ3v) is 2.91. The summed E-state index contributed by atoms with van der Waals surface area (Å²) >= 11 is 0. The number of carbonyl (C=O) groups excluding carboxylic acids is 1. The number of ether oxygens (including phenoxy) is 2. The van der Waals surface area contributed by atoms with Gasteiger partial charge in [-0.3, -0.25) is 4.79 Å². The summed E-state index contributed by atoms with van der Waals surface area (Å²) in [7, 11) is 1.58. The highest BCUT2D eigenvalue weighted by atomic mass is 16.5. The van der Waals surface area contributed by atoms with Crippen LogP contribution in [0.15, 0.2) is 54.5 Å². The number of hydrogen-bond acceptors (Lipinski definition) is 3. The lowest BCUT2D eigenvalue weighted by Crippen LogP contribution is -2.27. The first-order valence-corrected chi connectivity index (χ1v) is 6.97. The molecule has 0 radical (unpaired) electrons. The Morgan fingerprint density at radius 3 is 2.52 bits per heavy atom. The predicted molar refractivity (Wildman–Crippen MR) is 90.5 cm³/mol. The van der Waals surface area contributed by atoms with Gasteiger partial charge in [-0.2, -0.15) is 0 Å². The maximum absolute atomic E-state index is 12.0. The van der Waals surface area contributed by atoms with Crippen LogP contribution in [0.5, 0.6) is 5.75 Å². The first-order chi connectivity index (χ1) is 11.0. The van der Waals surface area contributed by atoms with Crippen LogP contribution < -0.4 is 10.1 Å². The lowest BCUT2D eigenvalue weighted by atomic mass is 10.2. The maximum atomic E-state index is 12.0. The van der Waals surface area contributed by atoms with Crippen LogP contribution in [-0.4, -0.2) is 26.2 Å². The van der Waals surface area contributed by atoms with E-state index in [1.54, 1.807) is 38.3 Å². The quantitative estimate of drug-likeness (QED) is 0.264. The van der Waals surface area contributed by atoms with Crippen molar-refractivity contribution in [3.8, 4) is 5.75 Å². The summed E-state index contributed by atoms with van der Waals surface area (Å²) in [6, 6.07) is 7.08. The largest absolute Gasteiger partial charge is 0.497 e. The number of carbonyl (C=O) groups is 1. The fraction of sp³-hybridized carbons (Fsp3) is 0.222. The Morgan fingerprint density at radius 1 is 1.35 bits per heavy atom.